The normalized spacial score (nSPS) is 34.4. The summed E-state index contributed by atoms with van der Waals surface area (Å²) in [4.78, 5) is 12.2. The van der Waals surface area contributed by atoms with Crippen LogP contribution in [0.2, 0.25) is 0 Å². The van der Waals surface area contributed by atoms with Crippen LogP contribution in [0.5, 0.6) is 0 Å². The van der Waals surface area contributed by atoms with Gasteiger partial charge in [0.25, 0.3) is 0 Å². The van der Waals surface area contributed by atoms with Crippen molar-refractivity contribution in [3.63, 3.8) is 0 Å². The van der Waals surface area contributed by atoms with Crippen molar-refractivity contribution in [2.75, 3.05) is 13.2 Å². The number of hydrogen-bond acceptors (Lipinski definition) is 5. The van der Waals surface area contributed by atoms with E-state index in [2.05, 4.69) is 6.92 Å². The maximum Gasteiger partial charge on any atom is 0.199 e. The van der Waals surface area contributed by atoms with Gasteiger partial charge in [-0.3, -0.25) is 4.79 Å². The molecule has 2 saturated carbocycles. The number of Topliss-reactive ketones (excluding diaryl/α,β-unsaturated/α-hetero) is 1. The number of unbranched alkanes of at least 4 members (excludes halogenated alkanes) is 3. The first-order valence-electron chi connectivity index (χ1n) is 13.1. The van der Waals surface area contributed by atoms with Gasteiger partial charge in [0.05, 0.1) is 13.2 Å². The summed E-state index contributed by atoms with van der Waals surface area (Å²) in [6.07, 6.45) is 15.4. The molecule has 0 radical (unpaired) electrons. The van der Waals surface area contributed by atoms with Gasteiger partial charge in [-0.2, -0.15) is 0 Å². The summed E-state index contributed by atoms with van der Waals surface area (Å²) >= 11 is 0. The van der Waals surface area contributed by atoms with Gasteiger partial charge in [0.15, 0.2) is 12.6 Å². The molecule has 2 aliphatic heterocycles. The Morgan fingerprint density at radius 1 is 0.871 bits per heavy atom. The number of hydrogen-bond donors (Lipinski definition) is 0. The molecule has 5 unspecified atom stereocenters. The lowest BCUT2D eigenvalue weighted by Gasteiger charge is -2.32. The lowest BCUT2D eigenvalue weighted by atomic mass is 9.89. The molecular formula is C26H42O5. The molecule has 5 nitrogen and oxygen atoms in total. The molecule has 5 heteroatoms. The second kappa shape index (κ2) is 11.7. The van der Waals surface area contributed by atoms with Crippen LogP contribution in [0.4, 0.5) is 0 Å². The highest BCUT2D eigenvalue weighted by molar-refractivity contribution is 5.81. The Bertz CT molecular complexity index is 603. The molecule has 5 atom stereocenters. The van der Waals surface area contributed by atoms with Gasteiger partial charge < -0.3 is 18.9 Å². The third kappa shape index (κ3) is 6.25. The second-order valence-corrected chi connectivity index (χ2v) is 9.98. The highest BCUT2D eigenvalue weighted by Gasteiger charge is 2.46. The number of carbonyl (C=O) groups is 1. The number of carbonyl (C=O) groups excluding carboxylic acids is 1. The fourth-order valence-corrected chi connectivity index (χ4v) is 5.90. The average Bonchev–Trinajstić information content (AvgIpc) is 3.35. The van der Waals surface area contributed by atoms with Gasteiger partial charge in [-0.25, -0.2) is 0 Å². The van der Waals surface area contributed by atoms with E-state index in [1.165, 1.54) is 19.3 Å². The van der Waals surface area contributed by atoms with Crippen molar-refractivity contribution in [3.8, 4) is 0 Å². The largest absolute Gasteiger partial charge is 0.466 e. The van der Waals surface area contributed by atoms with E-state index >= 15 is 0 Å². The van der Waals surface area contributed by atoms with E-state index in [-0.39, 0.29) is 18.5 Å². The van der Waals surface area contributed by atoms with Crippen LogP contribution in [0.3, 0.4) is 0 Å². The summed E-state index contributed by atoms with van der Waals surface area (Å²) in [6.45, 7) is 3.79. The maximum absolute atomic E-state index is 12.2. The number of allylic oxidation sites excluding steroid dienone is 2. The van der Waals surface area contributed by atoms with Gasteiger partial charge >= 0.3 is 0 Å². The number of fused-ring (bicyclic) bond motifs is 1. The monoisotopic (exact) mass is 434 g/mol. The van der Waals surface area contributed by atoms with Crippen LogP contribution in [-0.4, -0.2) is 31.6 Å². The van der Waals surface area contributed by atoms with E-state index in [1.807, 2.05) is 0 Å². The molecule has 4 aliphatic rings. The van der Waals surface area contributed by atoms with E-state index in [0.29, 0.717) is 24.0 Å². The van der Waals surface area contributed by atoms with Crippen molar-refractivity contribution in [3.05, 3.63) is 11.5 Å². The Morgan fingerprint density at radius 2 is 1.61 bits per heavy atom. The molecule has 0 aromatic rings. The van der Waals surface area contributed by atoms with E-state index in [4.69, 9.17) is 18.9 Å². The van der Waals surface area contributed by atoms with Gasteiger partial charge in [-0.1, -0.05) is 26.2 Å². The van der Waals surface area contributed by atoms with Crippen LogP contribution in [0.1, 0.15) is 103 Å². The molecule has 0 spiro atoms. The van der Waals surface area contributed by atoms with Crippen LogP contribution < -0.4 is 0 Å². The predicted octanol–water partition coefficient (Wildman–Crippen LogP) is 6.26. The summed E-state index contributed by atoms with van der Waals surface area (Å²) < 4.78 is 25.1. The zero-order chi connectivity index (χ0) is 21.5. The van der Waals surface area contributed by atoms with E-state index in [0.717, 1.165) is 95.4 Å². The molecular weight excluding hydrogens is 392 g/mol. The second-order valence-electron chi connectivity index (χ2n) is 9.98. The van der Waals surface area contributed by atoms with Gasteiger partial charge in [-0.15, -0.1) is 0 Å². The average molecular weight is 435 g/mol. The predicted molar refractivity (Wildman–Crippen MR) is 119 cm³/mol. The van der Waals surface area contributed by atoms with Gasteiger partial charge in [0, 0.05) is 38.0 Å². The molecule has 0 aromatic heterocycles. The number of ether oxygens (including phenoxy) is 4. The summed E-state index contributed by atoms with van der Waals surface area (Å²) in [5.74, 6) is 3.63. The minimum atomic E-state index is -0.179. The van der Waals surface area contributed by atoms with Crippen molar-refractivity contribution in [2.24, 2.45) is 17.8 Å². The fourth-order valence-electron chi connectivity index (χ4n) is 5.90. The SMILES string of the molecule is CCCCCCC(OC1CCCCO1)=C(OC1CCCCO1)C1CCC2CC(=O)CC21. The molecule has 0 N–H and O–H groups in total. The van der Waals surface area contributed by atoms with Crippen LogP contribution in [0.15, 0.2) is 11.5 Å². The molecule has 0 aromatic carbocycles. The van der Waals surface area contributed by atoms with Crippen molar-refractivity contribution in [1.29, 1.82) is 0 Å². The minimum Gasteiger partial charge on any atom is -0.466 e. The van der Waals surface area contributed by atoms with Gasteiger partial charge in [0.2, 0.25) is 0 Å². The van der Waals surface area contributed by atoms with Crippen LogP contribution in [-0.2, 0) is 23.7 Å². The molecule has 2 saturated heterocycles. The highest BCUT2D eigenvalue weighted by atomic mass is 16.7. The summed E-state index contributed by atoms with van der Waals surface area (Å²) in [5, 5.41) is 0. The van der Waals surface area contributed by atoms with E-state index < -0.39 is 0 Å². The maximum atomic E-state index is 12.2. The third-order valence-electron chi connectivity index (χ3n) is 7.60. The Hall–Kier alpha value is -1.07. The quantitative estimate of drug-likeness (QED) is 0.300. The lowest BCUT2D eigenvalue weighted by molar-refractivity contribution is -0.164. The first-order chi connectivity index (χ1) is 15.2. The van der Waals surface area contributed by atoms with Crippen molar-refractivity contribution in [1.82, 2.24) is 0 Å². The highest BCUT2D eigenvalue weighted by Crippen LogP contribution is 2.50. The zero-order valence-electron chi connectivity index (χ0n) is 19.4. The minimum absolute atomic E-state index is 0.164. The third-order valence-corrected chi connectivity index (χ3v) is 7.60. The van der Waals surface area contributed by atoms with E-state index in [9.17, 15) is 4.79 Å². The fraction of sp³-hybridized carbons (Fsp3) is 0.885. The summed E-state index contributed by atoms with van der Waals surface area (Å²) in [7, 11) is 0. The Kier molecular flexibility index (Phi) is 8.71. The van der Waals surface area contributed by atoms with Crippen molar-refractivity contribution < 1.29 is 23.7 Å². The zero-order valence-corrected chi connectivity index (χ0v) is 19.4. The molecule has 4 fully saturated rings. The number of ketones is 1. The smallest absolute Gasteiger partial charge is 0.199 e. The molecule has 0 bridgehead atoms. The van der Waals surface area contributed by atoms with Crippen molar-refractivity contribution in [2.45, 2.75) is 116 Å². The first kappa shape index (κ1) is 23.1. The molecule has 2 heterocycles. The van der Waals surface area contributed by atoms with Crippen LogP contribution >= 0.6 is 0 Å². The lowest BCUT2D eigenvalue weighted by Crippen LogP contribution is -2.28. The van der Waals surface area contributed by atoms with Crippen LogP contribution in [0.25, 0.3) is 0 Å². The molecule has 0 amide bonds. The molecule has 31 heavy (non-hydrogen) atoms. The Morgan fingerprint density at radius 3 is 2.29 bits per heavy atom. The van der Waals surface area contributed by atoms with Gasteiger partial charge in [0.1, 0.15) is 17.3 Å². The van der Waals surface area contributed by atoms with Crippen molar-refractivity contribution >= 4 is 5.78 Å². The van der Waals surface area contributed by atoms with Gasteiger partial charge in [-0.05, 0) is 56.8 Å². The molecule has 176 valence electrons. The summed E-state index contributed by atoms with van der Waals surface area (Å²) in [6, 6.07) is 0. The van der Waals surface area contributed by atoms with E-state index in [1.54, 1.807) is 0 Å². The first-order valence-corrected chi connectivity index (χ1v) is 13.1. The molecule has 4 rings (SSSR count). The van der Waals surface area contributed by atoms with Crippen LogP contribution in [0, 0.1) is 17.8 Å². The molecule has 2 aliphatic carbocycles. The summed E-state index contributed by atoms with van der Waals surface area (Å²) in [5.41, 5.74) is 0. The Labute approximate surface area is 188 Å². The Balaban J connectivity index is 1.57. The topological polar surface area (TPSA) is 54.0 Å². The number of rotatable bonds is 10. The standard InChI is InChI=1S/C26H42O5/c1-2-3-4-5-10-23(30-24-11-6-8-15-28-24)26(31-25-12-7-9-16-29-25)21-14-13-19-17-20(27)18-22(19)21/h19,21-22,24-25H,2-18H2,1H3.